The van der Waals surface area contributed by atoms with Gasteiger partial charge in [0.15, 0.2) is 0 Å². The van der Waals surface area contributed by atoms with E-state index in [1.54, 1.807) is 24.3 Å². The minimum Gasteiger partial charge on any atom is -0.469 e. The van der Waals surface area contributed by atoms with E-state index >= 15 is 0 Å². The number of rotatable bonds is 7. The Balaban J connectivity index is 2.08. The lowest BCUT2D eigenvalue weighted by Gasteiger charge is -2.04. The van der Waals surface area contributed by atoms with E-state index in [-0.39, 0.29) is 11.9 Å². The molecule has 0 aliphatic heterocycles. The number of benzene rings is 1. The van der Waals surface area contributed by atoms with Crippen molar-refractivity contribution in [3.63, 3.8) is 0 Å². The maximum Gasteiger partial charge on any atom is 0.338 e. The molecule has 0 unspecified atom stereocenters. The molecule has 18 heavy (non-hydrogen) atoms. The predicted molar refractivity (Wildman–Crippen MR) is 67.2 cm³/mol. The molecule has 0 saturated carbocycles. The van der Waals surface area contributed by atoms with E-state index in [1.807, 2.05) is 6.07 Å². The molecule has 0 amide bonds. The number of carbonyl (C=O) groups is 2. The Kier molecular flexibility index (Phi) is 6.54. The molecule has 0 bridgehead atoms. The number of hydrogen-bond donors (Lipinski definition) is 0. The highest BCUT2D eigenvalue weighted by Crippen LogP contribution is 2.04. The number of esters is 2. The quantitative estimate of drug-likeness (QED) is 0.551. The predicted octanol–water partition coefficient (Wildman–Crippen LogP) is 2.58. The zero-order valence-electron chi connectivity index (χ0n) is 10.6. The molecule has 4 heteroatoms. The highest BCUT2D eigenvalue weighted by molar-refractivity contribution is 5.89. The lowest BCUT2D eigenvalue weighted by molar-refractivity contribution is -0.140. The van der Waals surface area contributed by atoms with Gasteiger partial charge in [-0.15, -0.1) is 0 Å². The molecule has 1 rings (SSSR count). The van der Waals surface area contributed by atoms with Crippen molar-refractivity contribution >= 4 is 11.9 Å². The summed E-state index contributed by atoms with van der Waals surface area (Å²) >= 11 is 0. The van der Waals surface area contributed by atoms with Crippen molar-refractivity contribution in [1.29, 1.82) is 0 Å². The van der Waals surface area contributed by atoms with Crippen LogP contribution in [0.4, 0.5) is 0 Å². The fourth-order valence-corrected chi connectivity index (χ4v) is 1.47. The van der Waals surface area contributed by atoms with Crippen LogP contribution in [0.3, 0.4) is 0 Å². The van der Waals surface area contributed by atoms with Gasteiger partial charge in [0.2, 0.25) is 0 Å². The Morgan fingerprint density at radius 1 is 1.06 bits per heavy atom. The largest absolute Gasteiger partial charge is 0.469 e. The van der Waals surface area contributed by atoms with Gasteiger partial charge < -0.3 is 9.47 Å². The van der Waals surface area contributed by atoms with Crippen LogP contribution in [0.2, 0.25) is 0 Å². The van der Waals surface area contributed by atoms with E-state index in [4.69, 9.17) is 4.74 Å². The summed E-state index contributed by atoms with van der Waals surface area (Å²) in [5.74, 6) is -0.500. The van der Waals surface area contributed by atoms with E-state index in [1.165, 1.54) is 7.11 Å². The second-order valence-corrected chi connectivity index (χ2v) is 3.89. The van der Waals surface area contributed by atoms with Crippen LogP contribution in [0, 0.1) is 0 Å². The Morgan fingerprint density at radius 3 is 2.44 bits per heavy atom. The molecule has 0 aliphatic rings. The molecule has 0 fully saturated rings. The summed E-state index contributed by atoms with van der Waals surface area (Å²) in [6.07, 6.45) is 2.78. The molecular weight excluding hydrogens is 232 g/mol. The van der Waals surface area contributed by atoms with Gasteiger partial charge in [0, 0.05) is 6.42 Å². The summed E-state index contributed by atoms with van der Waals surface area (Å²) in [5, 5.41) is 0. The second-order valence-electron chi connectivity index (χ2n) is 3.89. The van der Waals surface area contributed by atoms with Crippen molar-refractivity contribution in [3.05, 3.63) is 35.9 Å². The molecule has 0 spiro atoms. The molecule has 0 N–H and O–H groups in total. The minimum absolute atomic E-state index is 0.198. The summed E-state index contributed by atoms with van der Waals surface area (Å²) < 4.78 is 9.63. The average Bonchev–Trinajstić information content (AvgIpc) is 2.43. The number of hydrogen-bond acceptors (Lipinski definition) is 4. The van der Waals surface area contributed by atoms with Crippen molar-refractivity contribution in [2.75, 3.05) is 13.7 Å². The zero-order valence-corrected chi connectivity index (χ0v) is 10.6. The first-order chi connectivity index (χ1) is 8.74. The van der Waals surface area contributed by atoms with Crippen molar-refractivity contribution in [3.8, 4) is 0 Å². The molecule has 98 valence electrons. The highest BCUT2D eigenvalue weighted by atomic mass is 16.5. The van der Waals surface area contributed by atoms with E-state index in [0.29, 0.717) is 18.6 Å². The lowest BCUT2D eigenvalue weighted by atomic mass is 10.2. The van der Waals surface area contributed by atoms with Gasteiger partial charge in [-0.1, -0.05) is 18.2 Å². The monoisotopic (exact) mass is 250 g/mol. The molecular formula is C14H18O4. The molecule has 1 aromatic carbocycles. The van der Waals surface area contributed by atoms with Crippen molar-refractivity contribution in [1.82, 2.24) is 0 Å². The van der Waals surface area contributed by atoms with Crippen molar-refractivity contribution in [2.45, 2.75) is 25.7 Å². The number of unbranched alkanes of at least 4 members (excludes halogenated alkanes) is 2. The molecule has 0 aliphatic carbocycles. The summed E-state index contributed by atoms with van der Waals surface area (Å²) in [5.41, 5.74) is 0.562. The summed E-state index contributed by atoms with van der Waals surface area (Å²) in [7, 11) is 1.38. The topological polar surface area (TPSA) is 52.6 Å². The number of methoxy groups -OCH3 is 1. The van der Waals surface area contributed by atoms with E-state index in [9.17, 15) is 9.59 Å². The van der Waals surface area contributed by atoms with Crippen LogP contribution in [0.5, 0.6) is 0 Å². The van der Waals surface area contributed by atoms with Crippen molar-refractivity contribution < 1.29 is 19.1 Å². The highest BCUT2D eigenvalue weighted by Gasteiger charge is 2.05. The van der Waals surface area contributed by atoms with Crippen LogP contribution in [0.15, 0.2) is 30.3 Å². The van der Waals surface area contributed by atoms with E-state index < -0.39 is 0 Å². The fourth-order valence-electron chi connectivity index (χ4n) is 1.47. The first kappa shape index (κ1) is 14.2. The van der Waals surface area contributed by atoms with Gasteiger partial charge in [0.1, 0.15) is 0 Å². The normalized spacial score (nSPS) is 9.83. The molecule has 0 radical (unpaired) electrons. The van der Waals surface area contributed by atoms with Crippen LogP contribution in [-0.2, 0) is 14.3 Å². The zero-order chi connectivity index (χ0) is 13.2. The molecule has 0 saturated heterocycles. The SMILES string of the molecule is COC(=O)CCCCCOC(=O)c1ccccc1. The van der Waals surface area contributed by atoms with Crippen LogP contribution in [0.25, 0.3) is 0 Å². The minimum atomic E-state index is -0.302. The molecule has 0 heterocycles. The molecule has 4 nitrogen and oxygen atoms in total. The van der Waals surface area contributed by atoms with Gasteiger partial charge in [-0.25, -0.2) is 4.79 Å². The Morgan fingerprint density at radius 2 is 1.78 bits per heavy atom. The second kappa shape index (κ2) is 8.28. The number of carbonyl (C=O) groups excluding carboxylic acids is 2. The molecule has 0 atom stereocenters. The van der Waals surface area contributed by atoms with Gasteiger partial charge in [0.25, 0.3) is 0 Å². The Bertz CT molecular complexity index is 373. The standard InChI is InChI=1S/C14H18O4/c1-17-13(15)10-6-3-7-11-18-14(16)12-8-4-2-5-9-12/h2,4-5,8-9H,3,6-7,10-11H2,1H3. The van der Waals surface area contributed by atoms with Crippen molar-refractivity contribution in [2.24, 2.45) is 0 Å². The maximum absolute atomic E-state index is 11.5. The lowest BCUT2D eigenvalue weighted by Crippen LogP contribution is -2.06. The first-order valence-electron chi connectivity index (χ1n) is 6.03. The fraction of sp³-hybridized carbons (Fsp3) is 0.429. The van der Waals surface area contributed by atoms with Gasteiger partial charge in [-0.3, -0.25) is 4.79 Å². The average molecular weight is 250 g/mol. The third kappa shape index (κ3) is 5.48. The summed E-state index contributed by atoms with van der Waals surface area (Å²) in [4.78, 5) is 22.4. The third-order valence-electron chi connectivity index (χ3n) is 2.50. The Labute approximate surface area is 107 Å². The molecule has 1 aromatic rings. The molecule has 0 aromatic heterocycles. The summed E-state index contributed by atoms with van der Waals surface area (Å²) in [6, 6.07) is 8.89. The van der Waals surface area contributed by atoms with Crippen LogP contribution in [-0.4, -0.2) is 25.7 Å². The number of ether oxygens (including phenoxy) is 2. The van der Waals surface area contributed by atoms with E-state index in [0.717, 1.165) is 19.3 Å². The maximum atomic E-state index is 11.5. The van der Waals surface area contributed by atoms with E-state index in [2.05, 4.69) is 4.74 Å². The van der Waals surface area contributed by atoms with Crippen LogP contribution >= 0.6 is 0 Å². The van der Waals surface area contributed by atoms with Crippen LogP contribution in [0.1, 0.15) is 36.0 Å². The smallest absolute Gasteiger partial charge is 0.338 e. The first-order valence-corrected chi connectivity index (χ1v) is 6.03. The van der Waals surface area contributed by atoms with Gasteiger partial charge in [-0.2, -0.15) is 0 Å². The van der Waals surface area contributed by atoms with Gasteiger partial charge in [-0.05, 0) is 31.4 Å². The van der Waals surface area contributed by atoms with Gasteiger partial charge >= 0.3 is 11.9 Å². The third-order valence-corrected chi connectivity index (χ3v) is 2.50. The van der Waals surface area contributed by atoms with Crippen LogP contribution < -0.4 is 0 Å². The Hall–Kier alpha value is -1.84. The van der Waals surface area contributed by atoms with Gasteiger partial charge in [0.05, 0.1) is 19.3 Å². The summed E-state index contributed by atoms with van der Waals surface area (Å²) in [6.45, 7) is 0.384.